The summed E-state index contributed by atoms with van der Waals surface area (Å²) < 4.78 is 38.9. The van der Waals surface area contributed by atoms with Crippen LogP contribution >= 0.6 is 0 Å². The number of anilines is 2. The lowest BCUT2D eigenvalue weighted by Crippen LogP contribution is -2.20. The molecule has 0 spiro atoms. The largest absolute Gasteiger partial charge is 0.323 e. The molecule has 2 aromatic rings. The second-order valence-corrected chi connectivity index (χ2v) is 3.54. The van der Waals surface area contributed by atoms with E-state index in [0.29, 0.717) is 5.69 Å². The SMILES string of the molecule is O=C(Nc1ccncc1)Nc1ccc(F)c(F)c1F. The number of carbonyl (C=O) groups excluding carboxylic acids is 1. The van der Waals surface area contributed by atoms with Crippen LogP contribution in [0.15, 0.2) is 36.7 Å². The maximum absolute atomic E-state index is 13.3. The molecule has 0 aliphatic carbocycles. The molecule has 0 fully saturated rings. The van der Waals surface area contributed by atoms with Gasteiger partial charge in [-0.05, 0) is 24.3 Å². The van der Waals surface area contributed by atoms with Gasteiger partial charge in [0.05, 0.1) is 5.69 Å². The number of nitrogens with one attached hydrogen (secondary N) is 2. The highest BCUT2D eigenvalue weighted by molar-refractivity contribution is 5.99. The van der Waals surface area contributed by atoms with Crippen molar-refractivity contribution in [3.05, 3.63) is 54.1 Å². The summed E-state index contributed by atoms with van der Waals surface area (Å²) in [4.78, 5) is 15.3. The topological polar surface area (TPSA) is 54.0 Å². The average Bonchev–Trinajstić information content (AvgIpc) is 2.41. The van der Waals surface area contributed by atoms with Gasteiger partial charge in [-0.1, -0.05) is 0 Å². The fraction of sp³-hybridized carbons (Fsp3) is 0. The van der Waals surface area contributed by atoms with Crippen LogP contribution in [0.4, 0.5) is 29.3 Å². The first-order chi connectivity index (χ1) is 9.08. The predicted octanol–water partition coefficient (Wildman–Crippen LogP) is 3.14. The molecule has 0 aliphatic rings. The van der Waals surface area contributed by atoms with Crippen molar-refractivity contribution in [1.82, 2.24) is 4.98 Å². The molecule has 0 atom stereocenters. The Labute approximate surface area is 106 Å². The number of pyridine rings is 1. The van der Waals surface area contributed by atoms with Crippen LogP contribution in [-0.2, 0) is 0 Å². The van der Waals surface area contributed by atoms with Gasteiger partial charge in [0.15, 0.2) is 17.5 Å². The number of amides is 2. The first-order valence-electron chi connectivity index (χ1n) is 5.19. The van der Waals surface area contributed by atoms with E-state index >= 15 is 0 Å². The Morgan fingerprint density at radius 1 is 0.947 bits per heavy atom. The van der Waals surface area contributed by atoms with Crippen molar-refractivity contribution in [3.8, 4) is 0 Å². The summed E-state index contributed by atoms with van der Waals surface area (Å²) in [6, 6.07) is 3.90. The van der Waals surface area contributed by atoms with Gasteiger partial charge in [-0.25, -0.2) is 18.0 Å². The zero-order valence-electron chi connectivity index (χ0n) is 9.45. The lowest BCUT2D eigenvalue weighted by atomic mass is 10.3. The zero-order chi connectivity index (χ0) is 13.8. The minimum atomic E-state index is -1.64. The van der Waals surface area contributed by atoms with Crippen LogP contribution in [0, 0.1) is 17.5 Å². The number of rotatable bonds is 2. The van der Waals surface area contributed by atoms with Crippen molar-refractivity contribution in [2.45, 2.75) is 0 Å². The summed E-state index contributed by atoms with van der Waals surface area (Å²) in [5.74, 6) is -4.41. The quantitative estimate of drug-likeness (QED) is 0.821. The van der Waals surface area contributed by atoms with Crippen LogP contribution in [0.25, 0.3) is 0 Å². The fourth-order valence-corrected chi connectivity index (χ4v) is 1.34. The van der Waals surface area contributed by atoms with E-state index < -0.39 is 29.2 Å². The summed E-state index contributed by atoms with van der Waals surface area (Å²) in [5, 5.41) is 4.45. The molecule has 1 aromatic heterocycles. The van der Waals surface area contributed by atoms with Crippen molar-refractivity contribution in [1.29, 1.82) is 0 Å². The summed E-state index contributed by atoms with van der Waals surface area (Å²) in [7, 11) is 0. The molecular weight excluding hydrogens is 259 g/mol. The van der Waals surface area contributed by atoms with Crippen LogP contribution in [0.2, 0.25) is 0 Å². The molecule has 0 saturated heterocycles. The fourth-order valence-electron chi connectivity index (χ4n) is 1.34. The molecule has 4 nitrogen and oxygen atoms in total. The Morgan fingerprint density at radius 2 is 1.63 bits per heavy atom. The monoisotopic (exact) mass is 267 g/mol. The number of hydrogen-bond acceptors (Lipinski definition) is 2. The highest BCUT2D eigenvalue weighted by atomic mass is 19.2. The molecule has 0 aliphatic heterocycles. The smallest absolute Gasteiger partial charge is 0.308 e. The van der Waals surface area contributed by atoms with E-state index in [1.807, 2.05) is 0 Å². The molecule has 98 valence electrons. The van der Waals surface area contributed by atoms with Crippen LogP contribution in [0.3, 0.4) is 0 Å². The molecule has 0 saturated carbocycles. The molecule has 0 unspecified atom stereocenters. The first kappa shape index (κ1) is 12.9. The van der Waals surface area contributed by atoms with E-state index in [4.69, 9.17) is 0 Å². The lowest BCUT2D eigenvalue weighted by Gasteiger charge is -2.08. The number of nitrogens with zero attached hydrogens (tertiary/aromatic N) is 1. The van der Waals surface area contributed by atoms with Gasteiger partial charge >= 0.3 is 6.03 Å². The van der Waals surface area contributed by atoms with Crippen molar-refractivity contribution >= 4 is 17.4 Å². The lowest BCUT2D eigenvalue weighted by molar-refractivity contribution is 0.262. The third-order valence-corrected chi connectivity index (χ3v) is 2.22. The Kier molecular flexibility index (Phi) is 3.65. The number of urea groups is 1. The van der Waals surface area contributed by atoms with Gasteiger partial charge in [-0.3, -0.25) is 4.98 Å². The zero-order valence-corrected chi connectivity index (χ0v) is 9.45. The highest BCUT2D eigenvalue weighted by Gasteiger charge is 2.15. The molecule has 2 amide bonds. The van der Waals surface area contributed by atoms with Gasteiger partial charge in [-0.2, -0.15) is 0 Å². The van der Waals surface area contributed by atoms with Crippen LogP contribution in [0.1, 0.15) is 0 Å². The van der Waals surface area contributed by atoms with Gasteiger partial charge in [0, 0.05) is 18.1 Å². The summed E-state index contributed by atoms with van der Waals surface area (Å²) in [5.41, 5.74) is -0.0269. The summed E-state index contributed by atoms with van der Waals surface area (Å²) in [6.07, 6.45) is 2.90. The van der Waals surface area contributed by atoms with E-state index in [1.165, 1.54) is 24.5 Å². The van der Waals surface area contributed by atoms with Gasteiger partial charge in [-0.15, -0.1) is 0 Å². The predicted molar refractivity (Wildman–Crippen MR) is 63.2 cm³/mol. The van der Waals surface area contributed by atoms with Crippen LogP contribution in [0.5, 0.6) is 0 Å². The molecule has 2 N–H and O–H groups in total. The number of hydrogen-bond donors (Lipinski definition) is 2. The van der Waals surface area contributed by atoms with E-state index in [1.54, 1.807) is 0 Å². The maximum atomic E-state index is 13.3. The summed E-state index contributed by atoms with van der Waals surface area (Å²) in [6.45, 7) is 0. The van der Waals surface area contributed by atoms with Crippen molar-refractivity contribution in [2.75, 3.05) is 10.6 Å². The Balaban J connectivity index is 2.10. The molecule has 1 heterocycles. The Bertz CT molecular complexity index is 605. The van der Waals surface area contributed by atoms with E-state index in [2.05, 4.69) is 15.6 Å². The van der Waals surface area contributed by atoms with Gasteiger partial charge < -0.3 is 10.6 Å². The minimum Gasteiger partial charge on any atom is -0.308 e. The van der Waals surface area contributed by atoms with Crippen molar-refractivity contribution in [2.24, 2.45) is 0 Å². The number of halogens is 3. The molecule has 7 heteroatoms. The molecule has 2 rings (SSSR count). The third kappa shape index (κ3) is 3.01. The van der Waals surface area contributed by atoms with Crippen molar-refractivity contribution in [3.63, 3.8) is 0 Å². The normalized spacial score (nSPS) is 10.1. The van der Waals surface area contributed by atoms with Gasteiger partial charge in [0.1, 0.15) is 0 Å². The Morgan fingerprint density at radius 3 is 2.32 bits per heavy atom. The van der Waals surface area contributed by atoms with E-state index in [9.17, 15) is 18.0 Å². The van der Waals surface area contributed by atoms with Crippen LogP contribution < -0.4 is 10.6 Å². The molecular formula is C12H8F3N3O. The maximum Gasteiger partial charge on any atom is 0.323 e. The number of aromatic nitrogens is 1. The van der Waals surface area contributed by atoms with E-state index in [-0.39, 0.29) is 0 Å². The van der Waals surface area contributed by atoms with E-state index in [0.717, 1.165) is 12.1 Å². The number of benzene rings is 1. The minimum absolute atomic E-state index is 0.426. The third-order valence-electron chi connectivity index (χ3n) is 2.22. The van der Waals surface area contributed by atoms with Crippen molar-refractivity contribution < 1.29 is 18.0 Å². The second kappa shape index (κ2) is 5.38. The second-order valence-electron chi connectivity index (χ2n) is 3.54. The molecule has 0 radical (unpaired) electrons. The molecule has 19 heavy (non-hydrogen) atoms. The van der Waals surface area contributed by atoms with Gasteiger partial charge in [0.2, 0.25) is 0 Å². The highest BCUT2D eigenvalue weighted by Crippen LogP contribution is 2.19. The molecule has 0 bridgehead atoms. The number of carbonyl (C=O) groups is 1. The van der Waals surface area contributed by atoms with Crippen LogP contribution in [-0.4, -0.2) is 11.0 Å². The average molecular weight is 267 g/mol. The summed E-state index contributed by atoms with van der Waals surface area (Å²) >= 11 is 0. The molecule has 1 aromatic carbocycles. The van der Waals surface area contributed by atoms with Gasteiger partial charge in [0.25, 0.3) is 0 Å². The Hall–Kier alpha value is -2.57. The standard InChI is InChI=1S/C12H8F3N3O/c13-8-1-2-9(11(15)10(8)14)18-12(19)17-7-3-5-16-6-4-7/h1-6H,(H2,16,17,18,19). The first-order valence-corrected chi connectivity index (χ1v) is 5.19.